The predicted molar refractivity (Wildman–Crippen MR) is 73.8 cm³/mol. The number of carbonyl (C=O) groups is 1. The molecular weight excluding hydrogens is 262 g/mol. The highest BCUT2D eigenvalue weighted by atomic mass is 16.5. The van der Waals surface area contributed by atoms with Crippen LogP contribution in [-0.4, -0.2) is 37.0 Å². The minimum Gasteiger partial charge on any atom is -0.493 e. The molecule has 6 heteroatoms. The summed E-state index contributed by atoms with van der Waals surface area (Å²) in [7, 11) is 4.66. The Morgan fingerprint density at radius 2 is 1.90 bits per heavy atom. The number of carboxylic acids is 1. The van der Waals surface area contributed by atoms with Crippen LogP contribution in [0.5, 0.6) is 17.2 Å². The first-order valence-electron chi connectivity index (χ1n) is 6.12. The summed E-state index contributed by atoms with van der Waals surface area (Å²) in [5.41, 5.74) is 0.848. The van der Waals surface area contributed by atoms with E-state index in [2.05, 4.69) is 0 Å². The lowest BCUT2D eigenvalue weighted by molar-refractivity contribution is -0.137. The van der Waals surface area contributed by atoms with Crippen LogP contribution in [0.4, 0.5) is 0 Å². The summed E-state index contributed by atoms with van der Waals surface area (Å²) in [5.74, 6) is 0.820. The van der Waals surface area contributed by atoms with Crippen LogP contribution < -0.4 is 14.2 Å². The molecular formula is C14H17NO5. The van der Waals surface area contributed by atoms with E-state index in [9.17, 15) is 4.79 Å². The lowest BCUT2D eigenvalue weighted by atomic mass is 10.2. The van der Waals surface area contributed by atoms with E-state index in [1.54, 1.807) is 21.3 Å². The van der Waals surface area contributed by atoms with Crippen LogP contribution in [0, 0.1) is 0 Å². The van der Waals surface area contributed by atoms with E-state index in [-0.39, 0.29) is 6.42 Å². The Hall–Kier alpha value is -2.37. The minimum atomic E-state index is -0.834. The number of ether oxygens (including phenoxy) is 3. The van der Waals surface area contributed by atoms with Crippen molar-refractivity contribution in [2.45, 2.75) is 13.0 Å². The zero-order chi connectivity index (χ0) is 14.7. The van der Waals surface area contributed by atoms with Gasteiger partial charge in [0.2, 0.25) is 5.75 Å². The predicted octanol–water partition coefficient (Wildman–Crippen LogP) is 2.14. The molecule has 2 aromatic rings. The lowest BCUT2D eigenvalue weighted by Gasteiger charge is -2.14. The molecule has 0 bridgehead atoms. The summed E-state index contributed by atoms with van der Waals surface area (Å²) in [6.45, 7) is 0.386. The number of hydrogen-bond donors (Lipinski definition) is 1. The van der Waals surface area contributed by atoms with Gasteiger partial charge in [-0.05, 0) is 6.07 Å². The molecule has 6 nitrogen and oxygen atoms in total. The topological polar surface area (TPSA) is 69.9 Å². The number of fused-ring (bicyclic) bond motifs is 1. The molecule has 1 N–H and O–H groups in total. The number of rotatable bonds is 6. The van der Waals surface area contributed by atoms with Gasteiger partial charge in [-0.2, -0.15) is 0 Å². The maximum atomic E-state index is 10.7. The zero-order valence-electron chi connectivity index (χ0n) is 11.7. The van der Waals surface area contributed by atoms with Gasteiger partial charge in [-0.1, -0.05) is 0 Å². The highest BCUT2D eigenvalue weighted by Crippen LogP contribution is 2.43. The molecule has 1 aromatic heterocycles. The molecule has 0 saturated carbocycles. The zero-order valence-corrected chi connectivity index (χ0v) is 11.7. The van der Waals surface area contributed by atoms with Gasteiger partial charge in [0.1, 0.15) is 0 Å². The smallest absolute Gasteiger partial charge is 0.305 e. The maximum absolute atomic E-state index is 10.7. The summed E-state index contributed by atoms with van der Waals surface area (Å²) in [4.78, 5) is 10.7. The molecule has 2 rings (SSSR count). The Bertz CT molecular complexity index is 632. The van der Waals surface area contributed by atoms with E-state index in [1.165, 1.54) is 0 Å². The fourth-order valence-electron chi connectivity index (χ4n) is 2.22. The third-order valence-electron chi connectivity index (χ3n) is 3.14. The quantitative estimate of drug-likeness (QED) is 0.877. The van der Waals surface area contributed by atoms with Gasteiger partial charge < -0.3 is 23.9 Å². The van der Waals surface area contributed by atoms with Crippen molar-refractivity contribution in [2.75, 3.05) is 21.3 Å². The number of carboxylic acid groups (broad SMARTS) is 1. The van der Waals surface area contributed by atoms with Crippen LogP contribution in [0.15, 0.2) is 18.3 Å². The molecule has 0 aliphatic carbocycles. The summed E-state index contributed by atoms with van der Waals surface area (Å²) < 4.78 is 17.9. The van der Waals surface area contributed by atoms with Gasteiger partial charge in [0.25, 0.3) is 0 Å². The van der Waals surface area contributed by atoms with Crippen molar-refractivity contribution in [3.8, 4) is 17.2 Å². The summed E-state index contributed by atoms with van der Waals surface area (Å²) in [6, 6.07) is 3.69. The largest absolute Gasteiger partial charge is 0.493 e. The fraction of sp³-hybridized carbons (Fsp3) is 0.357. The van der Waals surface area contributed by atoms with Crippen LogP contribution in [0.25, 0.3) is 10.9 Å². The first-order valence-corrected chi connectivity index (χ1v) is 6.12. The molecule has 1 heterocycles. The van der Waals surface area contributed by atoms with E-state index >= 15 is 0 Å². The number of hydrogen-bond acceptors (Lipinski definition) is 4. The van der Waals surface area contributed by atoms with E-state index in [1.807, 2.05) is 22.9 Å². The van der Waals surface area contributed by atoms with Crippen molar-refractivity contribution in [3.63, 3.8) is 0 Å². The average Bonchev–Trinajstić information content (AvgIpc) is 2.85. The number of benzene rings is 1. The van der Waals surface area contributed by atoms with Crippen molar-refractivity contribution >= 4 is 16.9 Å². The highest BCUT2D eigenvalue weighted by molar-refractivity contribution is 5.91. The van der Waals surface area contributed by atoms with Crippen molar-refractivity contribution in [2.24, 2.45) is 0 Å². The van der Waals surface area contributed by atoms with Crippen molar-refractivity contribution < 1.29 is 24.1 Å². The normalized spacial score (nSPS) is 10.6. The van der Waals surface area contributed by atoms with E-state index in [0.29, 0.717) is 23.8 Å². The average molecular weight is 279 g/mol. The van der Waals surface area contributed by atoms with E-state index in [0.717, 1.165) is 10.9 Å². The molecule has 20 heavy (non-hydrogen) atoms. The van der Waals surface area contributed by atoms with Gasteiger partial charge in [0.05, 0.1) is 33.3 Å². The second-order valence-corrected chi connectivity index (χ2v) is 4.23. The Kier molecular flexibility index (Phi) is 4.02. The number of aromatic nitrogens is 1. The van der Waals surface area contributed by atoms with E-state index < -0.39 is 5.97 Å². The summed E-state index contributed by atoms with van der Waals surface area (Å²) >= 11 is 0. The van der Waals surface area contributed by atoms with Crippen LogP contribution in [0.3, 0.4) is 0 Å². The lowest BCUT2D eigenvalue weighted by Crippen LogP contribution is -2.03. The van der Waals surface area contributed by atoms with Crippen molar-refractivity contribution in [1.29, 1.82) is 0 Å². The SMILES string of the molecule is COc1cc2c(ccn2CCC(=O)O)c(OC)c1OC. The molecule has 0 aliphatic rings. The third-order valence-corrected chi connectivity index (χ3v) is 3.14. The molecule has 0 atom stereocenters. The second kappa shape index (κ2) is 5.73. The van der Waals surface area contributed by atoms with Crippen molar-refractivity contribution in [1.82, 2.24) is 4.57 Å². The van der Waals surface area contributed by atoms with Crippen molar-refractivity contribution in [3.05, 3.63) is 18.3 Å². The molecule has 0 radical (unpaired) electrons. The standard InChI is InChI=1S/C14H17NO5/c1-18-11-8-10-9(13(19-2)14(11)20-3)4-6-15(10)7-5-12(16)17/h4,6,8H,5,7H2,1-3H3,(H,16,17). The van der Waals surface area contributed by atoms with Gasteiger partial charge >= 0.3 is 5.97 Å². The third kappa shape index (κ3) is 2.36. The van der Waals surface area contributed by atoms with Crippen LogP contribution in [0.1, 0.15) is 6.42 Å². The minimum absolute atomic E-state index is 0.0560. The fourth-order valence-corrected chi connectivity index (χ4v) is 2.22. The molecule has 0 unspecified atom stereocenters. The Balaban J connectivity index is 2.57. The Labute approximate surface area is 116 Å². The maximum Gasteiger partial charge on any atom is 0.305 e. The molecule has 0 spiro atoms. The molecule has 0 saturated heterocycles. The number of methoxy groups -OCH3 is 3. The van der Waals surface area contributed by atoms with Gasteiger partial charge in [0, 0.05) is 24.2 Å². The van der Waals surface area contributed by atoms with E-state index in [4.69, 9.17) is 19.3 Å². The Morgan fingerprint density at radius 3 is 2.45 bits per heavy atom. The Morgan fingerprint density at radius 1 is 1.20 bits per heavy atom. The van der Waals surface area contributed by atoms with Gasteiger partial charge in [-0.3, -0.25) is 4.79 Å². The van der Waals surface area contributed by atoms with Gasteiger partial charge in [-0.15, -0.1) is 0 Å². The number of nitrogens with zero attached hydrogens (tertiary/aromatic N) is 1. The monoisotopic (exact) mass is 279 g/mol. The van der Waals surface area contributed by atoms with Crippen LogP contribution in [-0.2, 0) is 11.3 Å². The summed E-state index contributed by atoms with van der Waals surface area (Å²) in [5, 5.41) is 9.64. The first kappa shape index (κ1) is 14.0. The van der Waals surface area contributed by atoms with Crippen LogP contribution >= 0.6 is 0 Å². The number of aryl methyl sites for hydroxylation is 1. The van der Waals surface area contributed by atoms with Gasteiger partial charge in [0.15, 0.2) is 11.5 Å². The second-order valence-electron chi connectivity index (χ2n) is 4.23. The molecule has 1 aromatic carbocycles. The molecule has 0 amide bonds. The molecule has 0 fully saturated rings. The summed E-state index contributed by atoms with van der Waals surface area (Å²) in [6.07, 6.45) is 1.88. The molecule has 108 valence electrons. The molecule has 0 aliphatic heterocycles. The van der Waals surface area contributed by atoms with Gasteiger partial charge in [-0.25, -0.2) is 0 Å². The highest BCUT2D eigenvalue weighted by Gasteiger charge is 2.18. The number of aliphatic carboxylic acids is 1. The first-order chi connectivity index (χ1) is 9.62. The van der Waals surface area contributed by atoms with Crippen LogP contribution in [0.2, 0.25) is 0 Å².